The van der Waals surface area contributed by atoms with E-state index >= 15 is 0 Å². The van der Waals surface area contributed by atoms with Crippen LogP contribution in [0.5, 0.6) is 0 Å². The van der Waals surface area contributed by atoms with E-state index in [9.17, 15) is 8.42 Å². The minimum atomic E-state index is -3.11. The van der Waals surface area contributed by atoms with Gasteiger partial charge in [-0.1, -0.05) is 31.5 Å². The van der Waals surface area contributed by atoms with Crippen molar-refractivity contribution in [3.05, 3.63) is 28.8 Å². The van der Waals surface area contributed by atoms with Crippen LogP contribution in [0.15, 0.2) is 17.0 Å². The SMILES string of the molecule is Cc1cc(C)c2c(c1)C(NC(C)C)CS2(=O)=O. The second-order valence-corrected chi connectivity index (χ2v) is 7.13. The van der Waals surface area contributed by atoms with Gasteiger partial charge in [-0.2, -0.15) is 0 Å². The smallest absolute Gasteiger partial charge is 0.180 e. The molecule has 0 radical (unpaired) electrons. The molecule has 0 aliphatic carbocycles. The Morgan fingerprint density at radius 3 is 2.53 bits per heavy atom. The van der Waals surface area contributed by atoms with E-state index in [4.69, 9.17) is 0 Å². The molecule has 1 aliphatic rings. The van der Waals surface area contributed by atoms with Crippen LogP contribution in [0.2, 0.25) is 0 Å². The Morgan fingerprint density at radius 2 is 1.94 bits per heavy atom. The van der Waals surface area contributed by atoms with Gasteiger partial charge in [0.1, 0.15) is 0 Å². The molecule has 2 rings (SSSR count). The molecule has 1 N–H and O–H groups in total. The van der Waals surface area contributed by atoms with Crippen LogP contribution in [0.4, 0.5) is 0 Å². The Balaban J connectivity index is 2.57. The molecular formula is C13H19NO2S. The number of rotatable bonds is 2. The van der Waals surface area contributed by atoms with Crippen LogP contribution < -0.4 is 5.32 Å². The van der Waals surface area contributed by atoms with Crippen molar-refractivity contribution in [2.24, 2.45) is 0 Å². The monoisotopic (exact) mass is 253 g/mol. The molecule has 0 saturated heterocycles. The van der Waals surface area contributed by atoms with Gasteiger partial charge in [0.15, 0.2) is 9.84 Å². The highest BCUT2D eigenvalue weighted by Gasteiger charge is 2.36. The van der Waals surface area contributed by atoms with Gasteiger partial charge in [0.05, 0.1) is 10.6 Å². The van der Waals surface area contributed by atoms with Gasteiger partial charge in [0.25, 0.3) is 0 Å². The van der Waals surface area contributed by atoms with E-state index in [1.165, 1.54) is 0 Å². The highest BCUT2D eigenvalue weighted by atomic mass is 32.2. The molecular weight excluding hydrogens is 234 g/mol. The standard InChI is InChI=1S/C13H19NO2S/c1-8(2)14-12-7-17(15,16)13-10(4)5-9(3)6-11(12)13/h5-6,8,12,14H,7H2,1-4H3. The first-order valence-corrected chi connectivity index (χ1v) is 7.56. The first kappa shape index (κ1) is 12.6. The third-order valence-electron chi connectivity index (χ3n) is 3.05. The first-order chi connectivity index (χ1) is 7.81. The highest BCUT2D eigenvalue weighted by Crippen LogP contribution is 2.36. The number of benzene rings is 1. The van der Waals surface area contributed by atoms with Gasteiger partial charge in [0.2, 0.25) is 0 Å². The van der Waals surface area contributed by atoms with Gasteiger partial charge in [-0.3, -0.25) is 0 Å². The van der Waals surface area contributed by atoms with Crippen molar-refractivity contribution < 1.29 is 8.42 Å². The summed E-state index contributed by atoms with van der Waals surface area (Å²) in [4.78, 5) is 0.543. The molecule has 1 unspecified atom stereocenters. The molecule has 94 valence electrons. The van der Waals surface area contributed by atoms with Crippen LogP contribution in [0.25, 0.3) is 0 Å². The quantitative estimate of drug-likeness (QED) is 0.878. The fraction of sp³-hybridized carbons (Fsp3) is 0.538. The molecule has 0 amide bonds. The molecule has 0 bridgehead atoms. The van der Waals surface area contributed by atoms with Crippen molar-refractivity contribution in [3.8, 4) is 0 Å². The number of hydrogen-bond donors (Lipinski definition) is 1. The summed E-state index contributed by atoms with van der Waals surface area (Å²) in [7, 11) is -3.11. The summed E-state index contributed by atoms with van der Waals surface area (Å²) in [6, 6.07) is 4.15. The zero-order valence-corrected chi connectivity index (χ0v) is 11.6. The summed E-state index contributed by atoms with van der Waals surface area (Å²) in [5.74, 6) is 0.185. The van der Waals surface area contributed by atoms with Crippen LogP contribution in [0.1, 0.15) is 36.6 Å². The summed E-state index contributed by atoms with van der Waals surface area (Å²) in [5.41, 5.74) is 2.93. The van der Waals surface area contributed by atoms with E-state index in [-0.39, 0.29) is 17.8 Å². The molecule has 17 heavy (non-hydrogen) atoms. The molecule has 0 fully saturated rings. The van der Waals surface area contributed by atoms with E-state index in [2.05, 4.69) is 5.32 Å². The Bertz CT molecular complexity index is 547. The van der Waals surface area contributed by atoms with E-state index in [1.807, 2.05) is 39.8 Å². The molecule has 1 aliphatic heterocycles. The van der Waals surface area contributed by atoms with Crippen LogP contribution in [-0.4, -0.2) is 20.2 Å². The topological polar surface area (TPSA) is 46.2 Å². The lowest BCUT2D eigenvalue weighted by molar-refractivity contribution is 0.508. The molecule has 1 atom stereocenters. The third kappa shape index (κ3) is 2.24. The maximum absolute atomic E-state index is 12.1. The van der Waals surface area contributed by atoms with Crippen LogP contribution in [0, 0.1) is 13.8 Å². The highest BCUT2D eigenvalue weighted by molar-refractivity contribution is 7.91. The summed E-state index contributed by atoms with van der Waals surface area (Å²) in [5, 5.41) is 3.33. The number of hydrogen-bond acceptors (Lipinski definition) is 3. The maximum Gasteiger partial charge on any atom is 0.180 e. The number of nitrogens with one attached hydrogen (secondary N) is 1. The second kappa shape index (κ2) is 4.10. The molecule has 1 aromatic rings. The van der Waals surface area contributed by atoms with Crippen LogP contribution in [-0.2, 0) is 9.84 Å². The van der Waals surface area contributed by atoms with Crippen molar-refractivity contribution in [2.75, 3.05) is 5.75 Å². The van der Waals surface area contributed by atoms with Gasteiger partial charge >= 0.3 is 0 Å². The average Bonchev–Trinajstić information content (AvgIpc) is 2.36. The van der Waals surface area contributed by atoms with Crippen molar-refractivity contribution in [3.63, 3.8) is 0 Å². The molecule has 1 aromatic carbocycles. The second-order valence-electron chi connectivity index (χ2n) is 5.16. The summed E-state index contributed by atoms with van der Waals surface area (Å²) < 4.78 is 24.3. The van der Waals surface area contributed by atoms with Crippen molar-refractivity contribution in [2.45, 2.75) is 44.7 Å². The summed E-state index contributed by atoms with van der Waals surface area (Å²) >= 11 is 0. The predicted molar refractivity (Wildman–Crippen MR) is 69.0 cm³/mol. The minimum absolute atomic E-state index is 0.0615. The van der Waals surface area contributed by atoms with Gasteiger partial charge in [0, 0.05) is 12.1 Å². The number of fused-ring (bicyclic) bond motifs is 1. The lowest BCUT2D eigenvalue weighted by atomic mass is 10.0. The molecule has 3 nitrogen and oxygen atoms in total. The Labute approximate surface area is 103 Å². The van der Waals surface area contributed by atoms with Gasteiger partial charge in [-0.15, -0.1) is 0 Å². The average molecular weight is 253 g/mol. The summed E-state index contributed by atoms with van der Waals surface area (Å²) in [6.45, 7) is 7.95. The zero-order chi connectivity index (χ0) is 12.8. The van der Waals surface area contributed by atoms with E-state index in [1.54, 1.807) is 0 Å². The van der Waals surface area contributed by atoms with Gasteiger partial charge in [-0.25, -0.2) is 8.42 Å². The Hall–Kier alpha value is -0.870. The zero-order valence-electron chi connectivity index (χ0n) is 10.7. The lowest BCUT2D eigenvalue weighted by Crippen LogP contribution is -2.29. The largest absolute Gasteiger partial charge is 0.307 e. The first-order valence-electron chi connectivity index (χ1n) is 5.91. The van der Waals surface area contributed by atoms with Crippen molar-refractivity contribution in [1.29, 1.82) is 0 Å². The van der Waals surface area contributed by atoms with Crippen LogP contribution in [0.3, 0.4) is 0 Å². The van der Waals surface area contributed by atoms with E-state index < -0.39 is 9.84 Å². The van der Waals surface area contributed by atoms with Crippen molar-refractivity contribution in [1.82, 2.24) is 5.32 Å². The number of aryl methyl sites for hydroxylation is 2. The normalized spacial score (nSPS) is 21.8. The molecule has 0 saturated carbocycles. The maximum atomic E-state index is 12.1. The molecule has 4 heteroatoms. The molecule has 1 heterocycles. The Morgan fingerprint density at radius 1 is 1.29 bits per heavy atom. The van der Waals surface area contributed by atoms with Crippen LogP contribution >= 0.6 is 0 Å². The Kier molecular flexibility index (Phi) is 3.04. The van der Waals surface area contributed by atoms with Gasteiger partial charge in [-0.05, 0) is 25.0 Å². The molecule has 0 aromatic heterocycles. The van der Waals surface area contributed by atoms with E-state index in [0.29, 0.717) is 4.90 Å². The number of sulfone groups is 1. The van der Waals surface area contributed by atoms with E-state index in [0.717, 1.165) is 16.7 Å². The molecule has 0 spiro atoms. The summed E-state index contributed by atoms with van der Waals surface area (Å²) in [6.07, 6.45) is 0. The van der Waals surface area contributed by atoms with Crippen molar-refractivity contribution >= 4 is 9.84 Å². The van der Waals surface area contributed by atoms with Gasteiger partial charge < -0.3 is 5.32 Å². The minimum Gasteiger partial charge on any atom is -0.307 e. The fourth-order valence-electron chi connectivity index (χ4n) is 2.60. The third-order valence-corrected chi connectivity index (χ3v) is 5.01. The fourth-order valence-corrected chi connectivity index (χ4v) is 4.59. The predicted octanol–water partition coefficient (Wildman–Crippen LogP) is 2.13. The lowest BCUT2D eigenvalue weighted by Gasteiger charge is -2.16.